The maximum Gasteiger partial charge on any atom is 0.226 e. The molecule has 0 aliphatic carbocycles. The SMILES string of the molecule is Fc1ccc(C2=C[C@H](c3ccccc3F)n3ncnc3N2)cc1. The summed E-state index contributed by atoms with van der Waals surface area (Å²) < 4.78 is 28.9. The van der Waals surface area contributed by atoms with E-state index < -0.39 is 6.04 Å². The minimum Gasteiger partial charge on any atom is -0.324 e. The van der Waals surface area contributed by atoms with Gasteiger partial charge in [-0.2, -0.15) is 10.1 Å². The highest BCUT2D eigenvalue weighted by Gasteiger charge is 2.25. The standard InChI is InChI=1S/C17H12F2N4/c18-12-7-5-11(6-8-12)15-9-16(13-3-1-2-4-14(13)19)23-17(22-15)20-10-21-23/h1-10,16H,(H,20,21,22)/t16-/m1/s1. The van der Waals surface area contributed by atoms with E-state index in [0.29, 0.717) is 11.5 Å². The summed E-state index contributed by atoms with van der Waals surface area (Å²) >= 11 is 0. The molecule has 1 aliphatic heterocycles. The maximum atomic E-state index is 14.2. The number of hydrogen-bond donors (Lipinski definition) is 1. The lowest BCUT2D eigenvalue weighted by molar-refractivity contribution is 0.551. The van der Waals surface area contributed by atoms with Crippen LogP contribution in [0.3, 0.4) is 0 Å². The molecular weight excluding hydrogens is 298 g/mol. The monoisotopic (exact) mass is 310 g/mol. The molecule has 6 heteroatoms. The van der Waals surface area contributed by atoms with Gasteiger partial charge in [-0.25, -0.2) is 13.5 Å². The highest BCUT2D eigenvalue weighted by atomic mass is 19.1. The van der Waals surface area contributed by atoms with Crippen molar-refractivity contribution in [2.45, 2.75) is 6.04 Å². The van der Waals surface area contributed by atoms with Crippen LogP contribution in [-0.2, 0) is 0 Å². The fourth-order valence-corrected chi connectivity index (χ4v) is 2.67. The zero-order valence-electron chi connectivity index (χ0n) is 11.9. The van der Waals surface area contributed by atoms with Gasteiger partial charge < -0.3 is 5.32 Å². The summed E-state index contributed by atoms with van der Waals surface area (Å²) in [5, 5.41) is 7.31. The Morgan fingerprint density at radius 3 is 2.57 bits per heavy atom. The van der Waals surface area contributed by atoms with Gasteiger partial charge in [-0.3, -0.25) is 0 Å². The van der Waals surface area contributed by atoms with E-state index in [1.165, 1.54) is 24.5 Å². The second-order valence-corrected chi connectivity index (χ2v) is 5.21. The van der Waals surface area contributed by atoms with Gasteiger partial charge in [0.05, 0.1) is 0 Å². The molecule has 1 aromatic heterocycles. The molecule has 4 nitrogen and oxygen atoms in total. The van der Waals surface area contributed by atoms with E-state index in [4.69, 9.17) is 0 Å². The summed E-state index contributed by atoms with van der Waals surface area (Å²) in [6.07, 6.45) is 3.27. The lowest BCUT2D eigenvalue weighted by Gasteiger charge is -2.24. The molecule has 4 rings (SSSR count). The van der Waals surface area contributed by atoms with Crippen LogP contribution in [0.5, 0.6) is 0 Å². The molecule has 0 unspecified atom stereocenters. The molecular formula is C17H12F2N4. The van der Waals surface area contributed by atoms with E-state index in [-0.39, 0.29) is 11.6 Å². The second-order valence-electron chi connectivity index (χ2n) is 5.21. The molecule has 23 heavy (non-hydrogen) atoms. The first kappa shape index (κ1) is 13.6. The largest absolute Gasteiger partial charge is 0.324 e. The van der Waals surface area contributed by atoms with Crippen molar-refractivity contribution in [1.29, 1.82) is 0 Å². The maximum absolute atomic E-state index is 14.2. The predicted octanol–water partition coefficient (Wildman–Crippen LogP) is 3.61. The Morgan fingerprint density at radius 2 is 1.78 bits per heavy atom. The van der Waals surface area contributed by atoms with Crippen LogP contribution in [0.25, 0.3) is 5.70 Å². The van der Waals surface area contributed by atoms with Crippen LogP contribution in [0, 0.1) is 11.6 Å². The quantitative estimate of drug-likeness (QED) is 0.786. The molecule has 1 aliphatic rings. The fraction of sp³-hybridized carbons (Fsp3) is 0.0588. The average Bonchev–Trinajstić information content (AvgIpc) is 3.04. The van der Waals surface area contributed by atoms with Crippen molar-refractivity contribution in [2.24, 2.45) is 0 Å². The van der Waals surface area contributed by atoms with Crippen LogP contribution < -0.4 is 5.32 Å². The molecule has 0 radical (unpaired) electrons. The Balaban J connectivity index is 1.83. The Hall–Kier alpha value is -3.02. The summed E-state index contributed by atoms with van der Waals surface area (Å²) in [4.78, 5) is 4.16. The Labute approximate surface area is 131 Å². The lowest BCUT2D eigenvalue weighted by atomic mass is 10.0. The summed E-state index contributed by atoms with van der Waals surface area (Å²) in [5.74, 6) is -0.102. The third-order valence-electron chi connectivity index (χ3n) is 3.79. The number of aromatic nitrogens is 3. The Morgan fingerprint density at radius 1 is 1.00 bits per heavy atom. The van der Waals surface area contributed by atoms with E-state index in [9.17, 15) is 8.78 Å². The molecule has 114 valence electrons. The third kappa shape index (κ3) is 2.38. The number of nitrogens with zero attached hydrogens (tertiary/aromatic N) is 3. The zero-order valence-corrected chi connectivity index (χ0v) is 11.9. The third-order valence-corrected chi connectivity index (χ3v) is 3.79. The molecule has 0 amide bonds. The number of halogens is 2. The van der Waals surface area contributed by atoms with E-state index in [0.717, 1.165) is 11.3 Å². The van der Waals surface area contributed by atoms with Gasteiger partial charge in [0.2, 0.25) is 5.95 Å². The van der Waals surface area contributed by atoms with Crippen molar-refractivity contribution >= 4 is 11.6 Å². The molecule has 0 saturated heterocycles. The van der Waals surface area contributed by atoms with Crippen LogP contribution in [0.1, 0.15) is 17.2 Å². The minimum absolute atomic E-state index is 0.306. The van der Waals surface area contributed by atoms with Crippen molar-refractivity contribution in [2.75, 3.05) is 5.32 Å². The van der Waals surface area contributed by atoms with Crippen LogP contribution in [0.4, 0.5) is 14.7 Å². The number of anilines is 1. The van der Waals surface area contributed by atoms with Crippen LogP contribution >= 0.6 is 0 Å². The fourth-order valence-electron chi connectivity index (χ4n) is 2.67. The Bertz CT molecular complexity index is 884. The van der Waals surface area contributed by atoms with Gasteiger partial charge in [0.15, 0.2) is 0 Å². The molecule has 0 fully saturated rings. The first-order valence-corrected chi connectivity index (χ1v) is 7.11. The van der Waals surface area contributed by atoms with Crippen molar-refractivity contribution in [1.82, 2.24) is 14.8 Å². The highest BCUT2D eigenvalue weighted by Crippen LogP contribution is 2.32. The van der Waals surface area contributed by atoms with Gasteiger partial charge in [0.1, 0.15) is 24.0 Å². The predicted molar refractivity (Wildman–Crippen MR) is 82.6 cm³/mol. The lowest BCUT2D eigenvalue weighted by Crippen LogP contribution is -2.21. The first-order valence-electron chi connectivity index (χ1n) is 7.11. The number of rotatable bonds is 2. The van der Waals surface area contributed by atoms with Crippen molar-refractivity contribution in [3.8, 4) is 0 Å². The van der Waals surface area contributed by atoms with Gasteiger partial charge >= 0.3 is 0 Å². The number of nitrogens with one attached hydrogen (secondary N) is 1. The molecule has 2 aromatic carbocycles. The van der Waals surface area contributed by atoms with E-state index in [1.54, 1.807) is 35.0 Å². The van der Waals surface area contributed by atoms with Crippen LogP contribution in [-0.4, -0.2) is 14.8 Å². The van der Waals surface area contributed by atoms with Gasteiger partial charge in [-0.15, -0.1) is 0 Å². The van der Waals surface area contributed by atoms with Crippen molar-refractivity contribution in [3.63, 3.8) is 0 Å². The summed E-state index contributed by atoms with van der Waals surface area (Å²) in [6, 6.07) is 12.2. The molecule has 0 saturated carbocycles. The van der Waals surface area contributed by atoms with Gasteiger partial charge in [-0.1, -0.05) is 18.2 Å². The molecule has 0 spiro atoms. The van der Waals surface area contributed by atoms with E-state index in [2.05, 4.69) is 15.4 Å². The van der Waals surface area contributed by atoms with Crippen molar-refractivity contribution < 1.29 is 8.78 Å². The molecule has 1 atom stereocenters. The average molecular weight is 310 g/mol. The van der Waals surface area contributed by atoms with Gasteiger partial charge in [-0.05, 0) is 42.0 Å². The number of fused-ring (bicyclic) bond motifs is 1. The van der Waals surface area contributed by atoms with Crippen molar-refractivity contribution in [3.05, 3.63) is 83.7 Å². The topological polar surface area (TPSA) is 42.7 Å². The molecule has 1 N–H and O–H groups in total. The minimum atomic E-state index is -0.421. The Kier molecular flexibility index (Phi) is 3.15. The van der Waals surface area contributed by atoms with Gasteiger partial charge in [0.25, 0.3) is 0 Å². The molecule has 0 bridgehead atoms. The number of hydrogen-bond acceptors (Lipinski definition) is 3. The highest BCUT2D eigenvalue weighted by molar-refractivity contribution is 5.77. The van der Waals surface area contributed by atoms with Crippen LogP contribution in [0.2, 0.25) is 0 Å². The smallest absolute Gasteiger partial charge is 0.226 e. The van der Waals surface area contributed by atoms with E-state index >= 15 is 0 Å². The molecule has 3 aromatic rings. The molecule has 2 heterocycles. The summed E-state index contributed by atoms with van der Waals surface area (Å²) in [5.41, 5.74) is 2.03. The van der Waals surface area contributed by atoms with E-state index in [1.807, 2.05) is 6.08 Å². The first-order chi connectivity index (χ1) is 11.2. The zero-order chi connectivity index (χ0) is 15.8. The number of benzene rings is 2. The van der Waals surface area contributed by atoms with Gasteiger partial charge in [0, 0.05) is 11.3 Å². The summed E-state index contributed by atoms with van der Waals surface area (Å²) in [6.45, 7) is 0. The normalized spacial score (nSPS) is 16.4. The van der Waals surface area contributed by atoms with Crippen LogP contribution in [0.15, 0.2) is 60.9 Å². The number of allylic oxidation sites excluding steroid dienone is 1. The summed E-state index contributed by atoms with van der Waals surface area (Å²) in [7, 11) is 0. The second kappa shape index (κ2) is 5.31.